The number of carbonyl (C=O) groups is 2. The highest BCUT2D eigenvalue weighted by Crippen LogP contribution is 2.25. The molecule has 1 rings (SSSR count). The first-order valence-electron chi connectivity index (χ1n) is 5.03. The molecule has 0 aromatic heterocycles. The Labute approximate surface area is 90.9 Å². The minimum Gasteiger partial charge on any atom is -0.279 e. The predicted octanol–water partition coefficient (Wildman–Crippen LogP) is 0.725. The van der Waals surface area contributed by atoms with E-state index in [2.05, 4.69) is 26.4 Å². The van der Waals surface area contributed by atoms with Crippen LogP contribution in [-0.2, 0) is 9.59 Å². The summed E-state index contributed by atoms with van der Waals surface area (Å²) in [6.07, 6.45) is 0.253. The maximum Gasteiger partial charge on any atom is 0.242 e. The molecule has 5 heteroatoms. The Morgan fingerprint density at radius 2 is 2.07 bits per heavy atom. The summed E-state index contributed by atoms with van der Waals surface area (Å²) in [7, 11) is 0.968. The zero-order valence-electron chi connectivity index (χ0n) is 8.86. The molecule has 1 aliphatic heterocycles. The topological polar surface area (TPSA) is 37.4 Å². The standard InChI is InChI=1S/C9H16BNO2S/c1-5(10-3)6(2)11-8(12)4-7(14)9(11)13/h5-7,10,14H,4H2,1-3H3. The molecule has 1 heterocycles. The van der Waals surface area contributed by atoms with Gasteiger partial charge in [0.2, 0.25) is 11.8 Å². The van der Waals surface area contributed by atoms with Crippen molar-refractivity contribution in [3.8, 4) is 0 Å². The summed E-state index contributed by atoms with van der Waals surface area (Å²) < 4.78 is 0. The van der Waals surface area contributed by atoms with Gasteiger partial charge >= 0.3 is 0 Å². The molecule has 3 nitrogen and oxygen atoms in total. The van der Waals surface area contributed by atoms with E-state index in [0.29, 0.717) is 5.82 Å². The quantitative estimate of drug-likeness (QED) is 0.426. The van der Waals surface area contributed by atoms with E-state index in [9.17, 15) is 9.59 Å². The summed E-state index contributed by atoms with van der Waals surface area (Å²) >= 11 is 4.09. The van der Waals surface area contributed by atoms with E-state index in [0.717, 1.165) is 7.28 Å². The van der Waals surface area contributed by atoms with Crippen LogP contribution in [0, 0.1) is 0 Å². The fourth-order valence-corrected chi connectivity index (χ4v) is 1.94. The number of nitrogens with zero attached hydrogens (tertiary/aromatic N) is 1. The Balaban J connectivity index is 2.77. The molecule has 0 N–H and O–H groups in total. The van der Waals surface area contributed by atoms with Crippen LogP contribution in [-0.4, -0.2) is 35.3 Å². The van der Waals surface area contributed by atoms with Gasteiger partial charge in [-0.3, -0.25) is 14.5 Å². The highest BCUT2D eigenvalue weighted by atomic mass is 32.1. The summed E-state index contributed by atoms with van der Waals surface area (Å²) in [6.45, 7) is 6.04. The summed E-state index contributed by atoms with van der Waals surface area (Å²) in [5, 5.41) is -0.422. The monoisotopic (exact) mass is 213 g/mol. The van der Waals surface area contributed by atoms with Crippen molar-refractivity contribution in [2.75, 3.05) is 0 Å². The minimum atomic E-state index is -0.422. The van der Waals surface area contributed by atoms with E-state index in [1.807, 2.05) is 6.92 Å². The van der Waals surface area contributed by atoms with Crippen LogP contribution in [0.3, 0.4) is 0 Å². The summed E-state index contributed by atoms with van der Waals surface area (Å²) in [5.74, 6) is 0.135. The average molecular weight is 213 g/mol. The van der Waals surface area contributed by atoms with Gasteiger partial charge in [-0.25, -0.2) is 0 Å². The first-order chi connectivity index (χ1) is 6.49. The lowest BCUT2D eigenvalue weighted by Gasteiger charge is -2.27. The van der Waals surface area contributed by atoms with Gasteiger partial charge in [-0.15, -0.1) is 0 Å². The first-order valence-corrected chi connectivity index (χ1v) is 5.54. The predicted molar refractivity (Wildman–Crippen MR) is 61.1 cm³/mol. The molecule has 1 fully saturated rings. The van der Waals surface area contributed by atoms with Gasteiger partial charge in [-0.05, 0) is 12.7 Å². The molecular weight excluding hydrogens is 197 g/mol. The van der Waals surface area contributed by atoms with Crippen molar-refractivity contribution in [3.05, 3.63) is 0 Å². The maximum absolute atomic E-state index is 11.6. The van der Waals surface area contributed by atoms with Gasteiger partial charge in [0.1, 0.15) is 7.28 Å². The molecule has 0 spiro atoms. The Hall–Kier alpha value is -0.445. The van der Waals surface area contributed by atoms with E-state index in [1.54, 1.807) is 0 Å². The summed E-state index contributed by atoms with van der Waals surface area (Å²) in [5.41, 5.74) is 0. The molecule has 0 bridgehead atoms. The van der Waals surface area contributed by atoms with Crippen molar-refractivity contribution in [1.29, 1.82) is 0 Å². The number of hydrogen-bond donors (Lipinski definition) is 1. The molecule has 3 atom stereocenters. The van der Waals surface area contributed by atoms with Crippen molar-refractivity contribution in [2.45, 2.75) is 44.2 Å². The number of amides is 2. The molecule has 2 amide bonds. The van der Waals surface area contributed by atoms with E-state index >= 15 is 0 Å². The Morgan fingerprint density at radius 1 is 1.50 bits per heavy atom. The SMILES string of the molecule is CBC(C)C(C)N1C(=O)CC(S)C1=O. The number of rotatable bonds is 3. The summed E-state index contributed by atoms with van der Waals surface area (Å²) in [4.78, 5) is 24.5. The highest BCUT2D eigenvalue weighted by Gasteiger charge is 2.40. The molecule has 0 aromatic rings. The van der Waals surface area contributed by atoms with Gasteiger partial charge in [-0.1, -0.05) is 13.7 Å². The molecule has 3 unspecified atom stereocenters. The molecular formula is C9H16BNO2S. The molecule has 0 aliphatic carbocycles. The maximum atomic E-state index is 11.6. The van der Waals surface area contributed by atoms with Crippen LogP contribution in [0.4, 0.5) is 0 Å². The Morgan fingerprint density at radius 3 is 2.43 bits per heavy atom. The normalized spacial score (nSPS) is 26.6. The second-order valence-electron chi connectivity index (χ2n) is 3.95. The Bertz CT molecular complexity index is 259. The van der Waals surface area contributed by atoms with Crippen molar-refractivity contribution in [1.82, 2.24) is 4.90 Å². The van der Waals surface area contributed by atoms with Gasteiger partial charge in [-0.2, -0.15) is 12.6 Å². The van der Waals surface area contributed by atoms with Gasteiger partial charge < -0.3 is 0 Å². The molecule has 78 valence electrons. The second kappa shape index (κ2) is 4.38. The van der Waals surface area contributed by atoms with Crippen molar-refractivity contribution >= 4 is 31.7 Å². The van der Waals surface area contributed by atoms with Crippen LogP contribution in [0.2, 0.25) is 12.6 Å². The third kappa shape index (κ3) is 1.97. The lowest BCUT2D eigenvalue weighted by molar-refractivity contribution is -0.140. The van der Waals surface area contributed by atoms with Crippen LogP contribution in [0.15, 0.2) is 0 Å². The van der Waals surface area contributed by atoms with Crippen molar-refractivity contribution in [2.24, 2.45) is 0 Å². The highest BCUT2D eigenvalue weighted by molar-refractivity contribution is 7.81. The Kier molecular flexibility index (Phi) is 3.64. The van der Waals surface area contributed by atoms with Crippen molar-refractivity contribution in [3.63, 3.8) is 0 Å². The van der Waals surface area contributed by atoms with E-state index in [4.69, 9.17) is 0 Å². The fraction of sp³-hybridized carbons (Fsp3) is 0.778. The van der Waals surface area contributed by atoms with E-state index in [-0.39, 0.29) is 24.3 Å². The zero-order valence-corrected chi connectivity index (χ0v) is 9.75. The van der Waals surface area contributed by atoms with Gasteiger partial charge in [0.05, 0.1) is 5.25 Å². The molecule has 14 heavy (non-hydrogen) atoms. The largest absolute Gasteiger partial charge is 0.279 e. The zero-order chi connectivity index (χ0) is 10.9. The van der Waals surface area contributed by atoms with Crippen LogP contribution in [0.5, 0.6) is 0 Å². The number of likely N-dealkylation sites (tertiary alicyclic amines) is 1. The molecule has 0 saturated carbocycles. The van der Waals surface area contributed by atoms with Gasteiger partial charge in [0.25, 0.3) is 0 Å². The van der Waals surface area contributed by atoms with Crippen LogP contribution in [0.25, 0.3) is 0 Å². The smallest absolute Gasteiger partial charge is 0.242 e. The van der Waals surface area contributed by atoms with Gasteiger partial charge in [0, 0.05) is 12.5 Å². The average Bonchev–Trinajstić information content (AvgIpc) is 2.39. The molecule has 1 saturated heterocycles. The number of thiol groups is 1. The first kappa shape index (κ1) is 11.6. The fourth-order valence-electron chi connectivity index (χ4n) is 1.66. The molecule has 0 aromatic carbocycles. The van der Waals surface area contributed by atoms with Gasteiger partial charge in [0.15, 0.2) is 0 Å². The molecule has 0 radical (unpaired) electrons. The lowest BCUT2D eigenvalue weighted by Crippen LogP contribution is -2.41. The third-order valence-electron chi connectivity index (χ3n) is 3.03. The lowest BCUT2D eigenvalue weighted by atomic mass is 9.64. The van der Waals surface area contributed by atoms with Crippen molar-refractivity contribution < 1.29 is 9.59 Å². The number of hydrogen-bond acceptors (Lipinski definition) is 3. The number of imide groups is 1. The minimum absolute atomic E-state index is 0.00264. The van der Waals surface area contributed by atoms with Crippen LogP contribution >= 0.6 is 12.6 Å². The second-order valence-corrected chi connectivity index (χ2v) is 4.57. The molecule has 1 aliphatic rings. The number of carbonyl (C=O) groups excluding carboxylic acids is 2. The van der Waals surface area contributed by atoms with E-state index in [1.165, 1.54) is 4.90 Å². The van der Waals surface area contributed by atoms with Crippen LogP contribution in [0.1, 0.15) is 20.3 Å². The third-order valence-corrected chi connectivity index (χ3v) is 3.44. The van der Waals surface area contributed by atoms with Crippen LogP contribution < -0.4 is 0 Å². The summed E-state index contributed by atoms with van der Waals surface area (Å²) in [6, 6.07) is -0.00264. The van der Waals surface area contributed by atoms with E-state index < -0.39 is 5.25 Å².